The van der Waals surface area contributed by atoms with E-state index >= 15 is 0 Å². The van der Waals surface area contributed by atoms with Crippen LogP contribution in [0.3, 0.4) is 0 Å². The van der Waals surface area contributed by atoms with Gasteiger partial charge in [-0.1, -0.05) is 18.2 Å². The summed E-state index contributed by atoms with van der Waals surface area (Å²) in [6.45, 7) is 5.54. The molecule has 1 amide bonds. The molecule has 7 heteroatoms. The Morgan fingerprint density at radius 3 is 2.37 bits per heavy atom. The predicted octanol–water partition coefficient (Wildman–Crippen LogP) is 3.41. The molecule has 0 aliphatic heterocycles. The van der Waals surface area contributed by atoms with E-state index in [1.807, 2.05) is 54.8 Å². The average Bonchev–Trinajstić information content (AvgIpc) is 3.15. The van der Waals surface area contributed by atoms with Crippen molar-refractivity contribution in [2.75, 3.05) is 26.4 Å². The van der Waals surface area contributed by atoms with E-state index in [1.165, 1.54) is 0 Å². The Kier molecular flexibility index (Phi) is 7.32. The number of aryl methyl sites for hydroxylation is 1. The van der Waals surface area contributed by atoms with Crippen molar-refractivity contribution in [1.29, 1.82) is 0 Å². The number of nitrogens with one attached hydrogen (secondary N) is 1. The highest BCUT2D eigenvalue weighted by Crippen LogP contribution is 2.22. The fraction of sp³-hybridized carbons (Fsp3) is 0.304. The first-order valence-corrected chi connectivity index (χ1v) is 9.99. The van der Waals surface area contributed by atoms with E-state index in [4.69, 9.17) is 14.2 Å². The quantitative estimate of drug-likeness (QED) is 0.409. The SMILES string of the molecule is CCOc1ccc(OCCNC(=O)COC(=O)c2cn(CC)c3ccccc23)cc1. The number of fused-ring (bicyclic) bond motifs is 1. The number of rotatable bonds is 10. The third-order valence-corrected chi connectivity index (χ3v) is 4.51. The lowest BCUT2D eigenvalue weighted by atomic mass is 10.2. The van der Waals surface area contributed by atoms with Crippen molar-refractivity contribution >= 4 is 22.8 Å². The van der Waals surface area contributed by atoms with Crippen LogP contribution in [0.2, 0.25) is 0 Å². The summed E-state index contributed by atoms with van der Waals surface area (Å²) in [7, 11) is 0. The molecule has 7 nitrogen and oxygen atoms in total. The second kappa shape index (κ2) is 10.3. The summed E-state index contributed by atoms with van der Waals surface area (Å²) in [5.41, 5.74) is 1.42. The largest absolute Gasteiger partial charge is 0.494 e. The van der Waals surface area contributed by atoms with Gasteiger partial charge in [-0.3, -0.25) is 4.79 Å². The topological polar surface area (TPSA) is 78.8 Å². The zero-order valence-corrected chi connectivity index (χ0v) is 17.2. The van der Waals surface area contributed by atoms with Gasteiger partial charge in [-0.2, -0.15) is 0 Å². The number of carbonyl (C=O) groups excluding carboxylic acids is 2. The van der Waals surface area contributed by atoms with Crippen LogP contribution < -0.4 is 14.8 Å². The number of hydrogen-bond acceptors (Lipinski definition) is 5. The van der Waals surface area contributed by atoms with Crippen LogP contribution in [-0.4, -0.2) is 42.8 Å². The number of nitrogens with zero attached hydrogens (tertiary/aromatic N) is 1. The van der Waals surface area contributed by atoms with Crippen molar-refractivity contribution in [3.63, 3.8) is 0 Å². The number of esters is 1. The van der Waals surface area contributed by atoms with E-state index in [0.717, 1.165) is 23.2 Å². The Morgan fingerprint density at radius 1 is 0.967 bits per heavy atom. The second-order valence-corrected chi connectivity index (χ2v) is 6.52. The maximum absolute atomic E-state index is 12.4. The summed E-state index contributed by atoms with van der Waals surface area (Å²) in [5.74, 6) is 0.575. The smallest absolute Gasteiger partial charge is 0.340 e. The lowest BCUT2D eigenvalue weighted by molar-refractivity contribution is -0.124. The number of benzene rings is 2. The normalized spacial score (nSPS) is 10.6. The van der Waals surface area contributed by atoms with Gasteiger partial charge in [-0.25, -0.2) is 4.79 Å². The number of aromatic nitrogens is 1. The molecular formula is C23H26N2O5. The van der Waals surface area contributed by atoms with Crippen molar-refractivity contribution in [1.82, 2.24) is 9.88 Å². The van der Waals surface area contributed by atoms with Crippen LogP contribution in [0.4, 0.5) is 0 Å². The molecule has 0 fully saturated rings. The molecule has 2 aromatic carbocycles. The Hall–Kier alpha value is -3.48. The van der Waals surface area contributed by atoms with Gasteiger partial charge in [0.2, 0.25) is 0 Å². The van der Waals surface area contributed by atoms with Crippen LogP contribution >= 0.6 is 0 Å². The van der Waals surface area contributed by atoms with Crippen LogP contribution in [0.5, 0.6) is 11.5 Å². The van der Waals surface area contributed by atoms with E-state index in [1.54, 1.807) is 18.3 Å². The lowest BCUT2D eigenvalue weighted by Gasteiger charge is -2.09. The Labute approximate surface area is 175 Å². The summed E-state index contributed by atoms with van der Waals surface area (Å²) in [6, 6.07) is 14.9. The van der Waals surface area contributed by atoms with Gasteiger partial charge in [-0.15, -0.1) is 0 Å². The van der Waals surface area contributed by atoms with Crippen molar-refractivity contribution < 1.29 is 23.8 Å². The molecule has 158 valence electrons. The summed E-state index contributed by atoms with van der Waals surface area (Å²) in [5, 5.41) is 3.49. The molecule has 30 heavy (non-hydrogen) atoms. The van der Waals surface area contributed by atoms with Crippen molar-refractivity contribution in [3.05, 3.63) is 60.3 Å². The molecule has 0 saturated carbocycles. The van der Waals surface area contributed by atoms with E-state index in [2.05, 4.69) is 5.32 Å². The highest BCUT2D eigenvalue weighted by atomic mass is 16.5. The third-order valence-electron chi connectivity index (χ3n) is 4.51. The van der Waals surface area contributed by atoms with Crippen molar-refractivity contribution in [2.24, 2.45) is 0 Å². The number of para-hydroxylation sites is 1. The van der Waals surface area contributed by atoms with Gasteiger partial charge in [0.25, 0.3) is 5.91 Å². The van der Waals surface area contributed by atoms with Crippen LogP contribution in [-0.2, 0) is 16.1 Å². The molecule has 0 aliphatic rings. The van der Waals surface area contributed by atoms with Crippen LogP contribution in [0.25, 0.3) is 10.9 Å². The molecule has 0 unspecified atom stereocenters. The third kappa shape index (κ3) is 5.31. The zero-order chi connectivity index (χ0) is 21.3. The molecule has 1 heterocycles. The minimum absolute atomic E-state index is 0.303. The standard InChI is InChI=1S/C23H26N2O5/c1-3-25-15-20(19-7-5-6-8-21(19)25)23(27)30-16-22(26)24-13-14-29-18-11-9-17(10-12-18)28-4-2/h5-12,15H,3-4,13-14,16H2,1-2H3,(H,24,26). The Bertz CT molecular complexity index is 995. The summed E-state index contributed by atoms with van der Waals surface area (Å²) in [4.78, 5) is 24.4. The fourth-order valence-corrected chi connectivity index (χ4v) is 3.09. The first kappa shape index (κ1) is 21.2. The van der Waals surface area contributed by atoms with Gasteiger partial charge in [0.05, 0.1) is 18.7 Å². The van der Waals surface area contributed by atoms with Gasteiger partial charge in [0.15, 0.2) is 6.61 Å². The van der Waals surface area contributed by atoms with Gasteiger partial charge in [0.1, 0.15) is 18.1 Å². The minimum Gasteiger partial charge on any atom is -0.494 e. The summed E-state index contributed by atoms with van der Waals surface area (Å²) in [6.07, 6.45) is 1.76. The lowest BCUT2D eigenvalue weighted by Crippen LogP contribution is -2.32. The maximum atomic E-state index is 12.4. The Morgan fingerprint density at radius 2 is 1.67 bits per heavy atom. The van der Waals surface area contributed by atoms with Crippen LogP contribution in [0.15, 0.2) is 54.7 Å². The fourth-order valence-electron chi connectivity index (χ4n) is 3.09. The molecule has 0 aliphatic carbocycles. The number of ether oxygens (including phenoxy) is 3. The van der Waals surface area contributed by atoms with Crippen molar-refractivity contribution in [2.45, 2.75) is 20.4 Å². The van der Waals surface area contributed by atoms with Gasteiger partial charge < -0.3 is 24.1 Å². The van der Waals surface area contributed by atoms with Gasteiger partial charge in [-0.05, 0) is 44.2 Å². The minimum atomic E-state index is -0.515. The average molecular weight is 410 g/mol. The monoisotopic (exact) mass is 410 g/mol. The van der Waals surface area contributed by atoms with E-state index in [9.17, 15) is 9.59 Å². The summed E-state index contributed by atoms with van der Waals surface area (Å²) < 4.78 is 18.1. The molecule has 0 bridgehead atoms. The molecule has 3 rings (SSSR count). The number of hydrogen-bond donors (Lipinski definition) is 1. The van der Waals surface area contributed by atoms with Gasteiger partial charge >= 0.3 is 5.97 Å². The Balaban J connectivity index is 1.42. The first-order valence-electron chi connectivity index (χ1n) is 9.99. The second-order valence-electron chi connectivity index (χ2n) is 6.52. The molecule has 0 radical (unpaired) electrons. The molecule has 1 N–H and O–H groups in total. The van der Waals surface area contributed by atoms with Crippen LogP contribution in [0.1, 0.15) is 24.2 Å². The van der Waals surface area contributed by atoms with E-state index < -0.39 is 5.97 Å². The number of amides is 1. The maximum Gasteiger partial charge on any atom is 0.340 e. The molecule has 0 atom stereocenters. The van der Waals surface area contributed by atoms with Crippen molar-refractivity contribution in [3.8, 4) is 11.5 Å². The highest BCUT2D eigenvalue weighted by Gasteiger charge is 2.16. The first-order chi connectivity index (χ1) is 14.6. The zero-order valence-electron chi connectivity index (χ0n) is 17.2. The summed E-state index contributed by atoms with van der Waals surface area (Å²) >= 11 is 0. The number of carbonyl (C=O) groups is 2. The molecule has 3 aromatic rings. The van der Waals surface area contributed by atoms with Gasteiger partial charge in [0, 0.05) is 23.6 Å². The highest BCUT2D eigenvalue weighted by molar-refractivity contribution is 6.04. The molecular weight excluding hydrogens is 384 g/mol. The molecule has 1 aromatic heterocycles. The van der Waals surface area contributed by atoms with E-state index in [-0.39, 0.29) is 12.5 Å². The molecule has 0 saturated heterocycles. The molecule has 0 spiro atoms. The van der Waals surface area contributed by atoms with Crippen LogP contribution in [0, 0.1) is 0 Å². The predicted molar refractivity (Wildman–Crippen MR) is 114 cm³/mol. The van der Waals surface area contributed by atoms with E-state index in [0.29, 0.717) is 31.1 Å².